The van der Waals surface area contributed by atoms with Crippen molar-refractivity contribution in [1.29, 1.82) is 0 Å². The number of hydrogen-bond acceptors (Lipinski definition) is 4. The predicted molar refractivity (Wildman–Crippen MR) is 57.1 cm³/mol. The third-order valence-electron chi connectivity index (χ3n) is 2.44. The number of rotatable bonds is 5. The lowest BCUT2D eigenvalue weighted by molar-refractivity contribution is -0.159. The van der Waals surface area contributed by atoms with Crippen molar-refractivity contribution in [2.24, 2.45) is 0 Å². The van der Waals surface area contributed by atoms with E-state index < -0.39 is 12.1 Å². The number of aliphatic carboxylic acids is 1. The van der Waals surface area contributed by atoms with Gasteiger partial charge in [0.15, 0.2) is 0 Å². The third kappa shape index (κ3) is 3.79. The molecule has 1 saturated heterocycles. The van der Waals surface area contributed by atoms with Crippen molar-refractivity contribution in [1.82, 2.24) is 9.80 Å². The summed E-state index contributed by atoms with van der Waals surface area (Å²) in [5.41, 5.74) is 0. The van der Waals surface area contributed by atoms with Crippen LogP contribution >= 0.6 is 0 Å². The molecule has 1 unspecified atom stereocenters. The van der Waals surface area contributed by atoms with E-state index in [0.717, 1.165) is 6.54 Å². The zero-order valence-corrected chi connectivity index (χ0v) is 9.68. The van der Waals surface area contributed by atoms with Crippen LogP contribution < -0.4 is 0 Å². The molecule has 0 radical (unpaired) electrons. The Morgan fingerprint density at radius 3 is 2.88 bits per heavy atom. The Hall–Kier alpha value is -1.14. The Kier molecular flexibility index (Phi) is 4.70. The Balaban J connectivity index is 2.47. The van der Waals surface area contributed by atoms with E-state index in [0.29, 0.717) is 19.7 Å². The van der Waals surface area contributed by atoms with E-state index in [1.807, 2.05) is 19.0 Å². The second-order valence-electron chi connectivity index (χ2n) is 4.09. The molecule has 1 heterocycles. The lowest BCUT2D eigenvalue weighted by atomic mass is 10.2. The fourth-order valence-corrected chi connectivity index (χ4v) is 1.54. The molecular weight excluding hydrogens is 212 g/mol. The SMILES string of the molecule is CN(C)CCN1CCOC(CC(=O)O)C1=O. The average Bonchev–Trinajstić information content (AvgIpc) is 2.18. The van der Waals surface area contributed by atoms with E-state index in [2.05, 4.69) is 0 Å². The second-order valence-corrected chi connectivity index (χ2v) is 4.09. The van der Waals surface area contributed by atoms with Gasteiger partial charge in [0, 0.05) is 19.6 Å². The number of hydrogen-bond donors (Lipinski definition) is 1. The number of likely N-dealkylation sites (N-methyl/N-ethyl adjacent to an activating group) is 1. The van der Waals surface area contributed by atoms with E-state index in [1.54, 1.807) is 4.90 Å². The van der Waals surface area contributed by atoms with Gasteiger partial charge in [0.05, 0.1) is 13.0 Å². The van der Waals surface area contributed by atoms with Gasteiger partial charge in [-0.05, 0) is 14.1 Å². The maximum Gasteiger partial charge on any atom is 0.306 e. The summed E-state index contributed by atoms with van der Waals surface area (Å²) >= 11 is 0. The molecule has 1 N–H and O–H groups in total. The van der Waals surface area contributed by atoms with Crippen molar-refractivity contribution >= 4 is 11.9 Å². The molecule has 1 aliphatic rings. The first-order valence-corrected chi connectivity index (χ1v) is 5.27. The largest absolute Gasteiger partial charge is 0.481 e. The van der Waals surface area contributed by atoms with Crippen LogP contribution in [0.3, 0.4) is 0 Å². The quantitative estimate of drug-likeness (QED) is 0.673. The molecule has 0 aromatic heterocycles. The first-order chi connectivity index (χ1) is 7.50. The monoisotopic (exact) mass is 230 g/mol. The molecule has 0 aromatic rings. The Labute approximate surface area is 94.8 Å². The second kappa shape index (κ2) is 5.81. The number of carbonyl (C=O) groups excluding carboxylic acids is 1. The van der Waals surface area contributed by atoms with Gasteiger partial charge in [-0.25, -0.2) is 0 Å². The van der Waals surface area contributed by atoms with Gasteiger partial charge in [-0.15, -0.1) is 0 Å². The van der Waals surface area contributed by atoms with Crippen molar-refractivity contribution in [3.63, 3.8) is 0 Å². The maximum atomic E-state index is 11.8. The molecule has 1 atom stereocenters. The Morgan fingerprint density at radius 2 is 2.31 bits per heavy atom. The number of ether oxygens (including phenoxy) is 1. The minimum Gasteiger partial charge on any atom is -0.481 e. The predicted octanol–water partition coefficient (Wildman–Crippen LogP) is -0.750. The van der Waals surface area contributed by atoms with Crippen LogP contribution in [0.15, 0.2) is 0 Å². The highest BCUT2D eigenvalue weighted by Crippen LogP contribution is 2.10. The molecule has 6 heteroatoms. The van der Waals surface area contributed by atoms with Crippen LogP contribution in [0.4, 0.5) is 0 Å². The van der Waals surface area contributed by atoms with Crippen LogP contribution in [0.2, 0.25) is 0 Å². The summed E-state index contributed by atoms with van der Waals surface area (Å²) in [7, 11) is 3.86. The first-order valence-electron chi connectivity index (χ1n) is 5.27. The first kappa shape index (κ1) is 12.9. The molecule has 16 heavy (non-hydrogen) atoms. The molecule has 1 aliphatic heterocycles. The number of nitrogens with zero attached hydrogens (tertiary/aromatic N) is 2. The van der Waals surface area contributed by atoms with Gasteiger partial charge >= 0.3 is 5.97 Å². The lowest BCUT2D eigenvalue weighted by Gasteiger charge is -2.32. The molecule has 0 saturated carbocycles. The van der Waals surface area contributed by atoms with Crippen LogP contribution in [-0.4, -0.2) is 73.2 Å². The normalized spacial score (nSPS) is 21.6. The molecule has 1 rings (SSSR count). The molecule has 0 aromatic carbocycles. The summed E-state index contributed by atoms with van der Waals surface area (Å²) in [6.07, 6.45) is -1.06. The molecule has 0 aliphatic carbocycles. The highest BCUT2D eigenvalue weighted by atomic mass is 16.5. The summed E-state index contributed by atoms with van der Waals surface area (Å²) in [6, 6.07) is 0. The van der Waals surface area contributed by atoms with Gasteiger partial charge in [0.2, 0.25) is 0 Å². The number of carboxylic acid groups (broad SMARTS) is 1. The van der Waals surface area contributed by atoms with Crippen LogP contribution in [0.25, 0.3) is 0 Å². The standard InChI is InChI=1S/C10H18N2O4/c1-11(2)3-4-12-5-6-16-8(10(12)15)7-9(13)14/h8H,3-7H2,1-2H3,(H,13,14). The van der Waals surface area contributed by atoms with Crippen molar-refractivity contribution in [3.8, 4) is 0 Å². The summed E-state index contributed by atoms with van der Waals surface area (Å²) < 4.78 is 5.15. The minimum absolute atomic E-state index is 0.212. The summed E-state index contributed by atoms with van der Waals surface area (Å²) in [5, 5.41) is 8.63. The smallest absolute Gasteiger partial charge is 0.306 e. The van der Waals surface area contributed by atoms with Crippen LogP contribution in [0, 0.1) is 0 Å². The van der Waals surface area contributed by atoms with Crippen LogP contribution in [0.5, 0.6) is 0 Å². The van der Waals surface area contributed by atoms with Crippen LogP contribution in [0.1, 0.15) is 6.42 Å². The number of morpholine rings is 1. The lowest BCUT2D eigenvalue weighted by Crippen LogP contribution is -2.50. The topological polar surface area (TPSA) is 70.1 Å². The van der Waals surface area contributed by atoms with E-state index in [-0.39, 0.29) is 12.3 Å². The highest BCUT2D eigenvalue weighted by molar-refractivity contribution is 5.85. The van der Waals surface area contributed by atoms with Gasteiger partial charge in [-0.2, -0.15) is 0 Å². The number of carbonyl (C=O) groups is 2. The number of carboxylic acids is 1. The van der Waals surface area contributed by atoms with Crippen LogP contribution in [-0.2, 0) is 14.3 Å². The molecule has 0 spiro atoms. The molecule has 0 bridgehead atoms. The average molecular weight is 230 g/mol. The maximum absolute atomic E-state index is 11.8. The Bertz CT molecular complexity index is 268. The summed E-state index contributed by atoms with van der Waals surface area (Å²) in [5.74, 6) is -1.22. The van der Waals surface area contributed by atoms with Gasteiger partial charge < -0.3 is 19.6 Å². The molecule has 1 fully saturated rings. The molecule has 92 valence electrons. The third-order valence-corrected chi connectivity index (χ3v) is 2.44. The van der Waals surface area contributed by atoms with E-state index in [4.69, 9.17) is 9.84 Å². The molecule has 1 amide bonds. The highest BCUT2D eigenvalue weighted by Gasteiger charge is 2.30. The van der Waals surface area contributed by atoms with Gasteiger partial charge in [0.25, 0.3) is 5.91 Å². The van der Waals surface area contributed by atoms with Gasteiger partial charge in [-0.3, -0.25) is 9.59 Å². The van der Waals surface area contributed by atoms with E-state index in [9.17, 15) is 9.59 Å². The fourth-order valence-electron chi connectivity index (χ4n) is 1.54. The summed E-state index contributed by atoms with van der Waals surface area (Å²) in [4.78, 5) is 26.0. The van der Waals surface area contributed by atoms with Crippen molar-refractivity contribution < 1.29 is 19.4 Å². The number of amides is 1. The van der Waals surface area contributed by atoms with Gasteiger partial charge in [0.1, 0.15) is 6.10 Å². The molecule has 6 nitrogen and oxygen atoms in total. The minimum atomic E-state index is -1.01. The molecular formula is C10H18N2O4. The Morgan fingerprint density at radius 1 is 1.62 bits per heavy atom. The van der Waals surface area contributed by atoms with Crippen molar-refractivity contribution in [2.45, 2.75) is 12.5 Å². The zero-order chi connectivity index (χ0) is 12.1. The zero-order valence-electron chi connectivity index (χ0n) is 9.68. The fraction of sp³-hybridized carbons (Fsp3) is 0.800. The van der Waals surface area contributed by atoms with Gasteiger partial charge in [-0.1, -0.05) is 0 Å². The van der Waals surface area contributed by atoms with Crippen molar-refractivity contribution in [3.05, 3.63) is 0 Å². The van der Waals surface area contributed by atoms with Crippen molar-refractivity contribution in [2.75, 3.05) is 40.3 Å². The van der Waals surface area contributed by atoms with E-state index in [1.165, 1.54) is 0 Å². The van der Waals surface area contributed by atoms with E-state index >= 15 is 0 Å². The summed E-state index contributed by atoms with van der Waals surface area (Å²) in [6.45, 7) is 2.34.